The van der Waals surface area contributed by atoms with Gasteiger partial charge in [-0.1, -0.05) is 19.4 Å². The van der Waals surface area contributed by atoms with Gasteiger partial charge in [0, 0.05) is 23.6 Å². The minimum absolute atomic E-state index is 0.666. The molecule has 0 saturated carbocycles. The summed E-state index contributed by atoms with van der Waals surface area (Å²) in [6.45, 7) is 6.79. The fraction of sp³-hybridized carbons (Fsp3) is 0.423. The number of rotatable bonds is 9. The first-order valence-corrected chi connectivity index (χ1v) is 11.3. The molecule has 31 heavy (non-hydrogen) atoms. The third kappa shape index (κ3) is 5.28. The van der Waals surface area contributed by atoms with Gasteiger partial charge in [-0.2, -0.15) is 0 Å². The lowest BCUT2D eigenvalue weighted by Gasteiger charge is -2.26. The highest BCUT2D eigenvalue weighted by Gasteiger charge is 2.14. The van der Waals surface area contributed by atoms with Crippen LogP contribution in [-0.2, 0) is 0 Å². The summed E-state index contributed by atoms with van der Waals surface area (Å²) in [6.07, 6.45) is 4.92. The standard InChI is InChI=1S/C26H32N2O3/c1-3-17-30-21-12-10-20(11-13-21)23-19-25(31-18-16-28-14-5-4-6-15-28)22-8-7-9-24(29-2)26(22)27-23/h7-13,19H,3-6,14-18H2,1-2H3. The molecule has 0 radical (unpaired) electrons. The van der Waals surface area contributed by atoms with E-state index in [0.717, 1.165) is 59.0 Å². The summed E-state index contributed by atoms with van der Waals surface area (Å²) in [4.78, 5) is 7.40. The molecule has 0 N–H and O–H groups in total. The van der Waals surface area contributed by atoms with Crippen molar-refractivity contribution in [2.24, 2.45) is 0 Å². The van der Waals surface area contributed by atoms with Crippen LogP contribution in [0.2, 0.25) is 0 Å². The zero-order valence-electron chi connectivity index (χ0n) is 18.6. The Morgan fingerprint density at radius 3 is 2.45 bits per heavy atom. The summed E-state index contributed by atoms with van der Waals surface area (Å²) in [5, 5.41) is 0.977. The maximum absolute atomic E-state index is 6.30. The number of nitrogens with zero attached hydrogens (tertiary/aromatic N) is 2. The Morgan fingerprint density at radius 2 is 1.71 bits per heavy atom. The van der Waals surface area contributed by atoms with Crippen LogP contribution < -0.4 is 14.2 Å². The second-order valence-electron chi connectivity index (χ2n) is 7.99. The smallest absolute Gasteiger partial charge is 0.145 e. The van der Waals surface area contributed by atoms with Crippen molar-refractivity contribution in [3.8, 4) is 28.5 Å². The number of pyridine rings is 1. The van der Waals surface area contributed by atoms with Crippen molar-refractivity contribution in [1.82, 2.24) is 9.88 Å². The number of hydrogen-bond acceptors (Lipinski definition) is 5. The van der Waals surface area contributed by atoms with E-state index < -0.39 is 0 Å². The lowest BCUT2D eigenvalue weighted by atomic mass is 10.1. The van der Waals surface area contributed by atoms with Gasteiger partial charge in [0.2, 0.25) is 0 Å². The first-order valence-electron chi connectivity index (χ1n) is 11.3. The zero-order chi connectivity index (χ0) is 21.5. The highest BCUT2D eigenvalue weighted by Crippen LogP contribution is 2.35. The van der Waals surface area contributed by atoms with Crippen molar-refractivity contribution in [2.75, 3.05) is 40.0 Å². The molecule has 0 spiro atoms. The lowest BCUT2D eigenvalue weighted by Crippen LogP contribution is -2.33. The van der Waals surface area contributed by atoms with E-state index in [4.69, 9.17) is 19.2 Å². The number of aromatic nitrogens is 1. The van der Waals surface area contributed by atoms with E-state index in [1.54, 1.807) is 7.11 Å². The van der Waals surface area contributed by atoms with Crippen LogP contribution in [-0.4, -0.2) is 49.8 Å². The molecule has 1 aliphatic rings. The number of methoxy groups -OCH3 is 1. The van der Waals surface area contributed by atoms with E-state index in [2.05, 4.69) is 11.8 Å². The van der Waals surface area contributed by atoms with E-state index in [0.29, 0.717) is 6.61 Å². The normalized spacial score (nSPS) is 14.5. The Labute approximate surface area is 184 Å². The summed E-state index contributed by atoms with van der Waals surface area (Å²) in [5.41, 5.74) is 2.71. The topological polar surface area (TPSA) is 43.8 Å². The van der Waals surface area contributed by atoms with Gasteiger partial charge in [-0.15, -0.1) is 0 Å². The van der Waals surface area contributed by atoms with Crippen LogP contribution in [0.15, 0.2) is 48.5 Å². The average Bonchev–Trinajstić information content (AvgIpc) is 2.83. The van der Waals surface area contributed by atoms with Gasteiger partial charge in [0.25, 0.3) is 0 Å². The van der Waals surface area contributed by atoms with Gasteiger partial charge in [0.15, 0.2) is 0 Å². The monoisotopic (exact) mass is 420 g/mol. The molecule has 0 atom stereocenters. The highest BCUT2D eigenvalue weighted by atomic mass is 16.5. The van der Waals surface area contributed by atoms with Gasteiger partial charge < -0.3 is 14.2 Å². The molecule has 3 aromatic rings. The number of hydrogen-bond donors (Lipinski definition) is 0. The zero-order valence-corrected chi connectivity index (χ0v) is 18.6. The van der Waals surface area contributed by atoms with Crippen LogP contribution in [0, 0.1) is 0 Å². The molecule has 1 aromatic heterocycles. The van der Waals surface area contributed by atoms with Crippen molar-refractivity contribution in [3.63, 3.8) is 0 Å². The summed E-state index contributed by atoms with van der Waals surface area (Å²) < 4.78 is 17.6. The summed E-state index contributed by atoms with van der Waals surface area (Å²) >= 11 is 0. The molecule has 2 heterocycles. The largest absolute Gasteiger partial charge is 0.494 e. The number of fused-ring (bicyclic) bond motifs is 1. The molecule has 0 unspecified atom stereocenters. The van der Waals surface area contributed by atoms with E-state index in [1.807, 2.05) is 48.5 Å². The molecule has 1 aliphatic heterocycles. The summed E-state index contributed by atoms with van der Waals surface area (Å²) in [7, 11) is 1.68. The minimum Gasteiger partial charge on any atom is -0.494 e. The fourth-order valence-corrected chi connectivity index (χ4v) is 4.03. The van der Waals surface area contributed by atoms with Gasteiger partial charge in [0.1, 0.15) is 29.4 Å². The number of piperidine rings is 1. The third-order valence-electron chi connectivity index (χ3n) is 5.72. The lowest BCUT2D eigenvalue weighted by molar-refractivity contribution is 0.184. The predicted molar refractivity (Wildman–Crippen MR) is 125 cm³/mol. The van der Waals surface area contributed by atoms with E-state index in [-0.39, 0.29) is 0 Å². The Bertz CT molecular complexity index is 982. The molecule has 1 fully saturated rings. The van der Waals surface area contributed by atoms with Crippen LogP contribution in [0.5, 0.6) is 17.2 Å². The molecular weight excluding hydrogens is 388 g/mol. The molecule has 0 aliphatic carbocycles. The van der Waals surface area contributed by atoms with Crippen molar-refractivity contribution in [1.29, 1.82) is 0 Å². The Balaban J connectivity index is 1.61. The molecule has 5 nitrogen and oxygen atoms in total. The molecule has 5 heteroatoms. The predicted octanol–water partition coefficient (Wildman–Crippen LogP) is 5.56. The molecule has 164 valence electrons. The van der Waals surface area contributed by atoms with Gasteiger partial charge in [-0.25, -0.2) is 4.98 Å². The van der Waals surface area contributed by atoms with Gasteiger partial charge in [-0.3, -0.25) is 4.90 Å². The first kappa shape index (κ1) is 21.4. The SMILES string of the molecule is CCCOc1ccc(-c2cc(OCCN3CCCCC3)c3cccc(OC)c3n2)cc1. The Kier molecular flexibility index (Phi) is 7.26. The number of para-hydroxylation sites is 1. The first-order chi connectivity index (χ1) is 15.3. The summed E-state index contributed by atoms with van der Waals surface area (Å²) in [5.74, 6) is 2.48. The molecular formula is C26H32N2O3. The van der Waals surface area contributed by atoms with Gasteiger partial charge >= 0.3 is 0 Å². The second kappa shape index (κ2) is 10.5. The quantitative estimate of drug-likeness (QED) is 0.453. The van der Waals surface area contributed by atoms with E-state index in [9.17, 15) is 0 Å². The molecule has 0 bridgehead atoms. The highest BCUT2D eigenvalue weighted by molar-refractivity contribution is 5.92. The maximum atomic E-state index is 6.30. The summed E-state index contributed by atoms with van der Waals surface area (Å²) in [6, 6.07) is 16.1. The average molecular weight is 421 g/mol. The van der Waals surface area contributed by atoms with Crippen molar-refractivity contribution >= 4 is 10.9 Å². The van der Waals surface area contributed by atoms with Crippen LogP contribution >= 0.6 is 0 Å². The molecule has 0 amide bonds. The number of likely N-dealkylation sites (tertiary alicyclic amines) is 1. The maximum Gasteiger partial charge on any atom is 0.145 e. The van der Waals surface area contributed by atoms with Gasteiger partial charge in [0.05, 0.1) is 19.4 Å². The van der Waals surface area contributed by atoms with Crippen molar-refractivity contribution in [3.05, 3.63) is 48.5 Å². The third-order valence-corrected chi connectivity index (χ3v) is 5.72. The van der Waals surface area contributed by atoms with Crippen LogP contribution in [0.3, 0.4) is 0 Å². The van der Waals surface area contributed by atoms with Crippen LogP contribution in [0.1, 0.15) is 32.6 Å². The second-order valence-corrected chi connectivity index (χ2v) is 7.99. The Hall–Kier alpha value is -2.79. The Morgan fingerprint density at radius 1 is 0.903 bits per heavy atom. The minimum atomic E-state index is 0.666. The molecule has 4 rings (SSSR count). The van der Waals surface area contributed by atoms with Crippen LogP contribution in [0.4, 0.5) is 0 Å². The van der Waals surface area contributed by atoms with E-state index in [1.165, 1.54) is 32.4 Å². The van der Waals surface area contributed by atoms with Crippen molar-refractivity contribution < 1.29 is 14.2 Å². The fourth-order valence-electron chi connectivity index (χ4n) is 4.03. The number of benzene rings is 2. The van der Waals surface area contributed by atoms with Crippen molar-refractivity contribution in [2.45, 2.75) is 32.6 Å². The van der Waals surface area contributed by atoms with E-state index >= 15 is 0 Å². The van der Waals surface area contributed by atoms with Crippen LogP contribution in [0.25, 0.3) is 22.2 Å². The molecule has 1 saturated heterocycles. The molecule has 2 aromatic carbocycles. The van der Waals surface area contributed by atoms with Gasteiger partial charge in [-0.05, 0) is 68.8 Å². The number of ether oxygens (including phenoxy) is 3.